The van der Waals surface area contributed by atoms with Crippen molar-refractivity contribution in [3.05, 3.63) is 99.1 Å². The van der Waals surface area contributed by atoms with Gasteiger partial charge in [-0.3, -0.25) is 4.79 Å². The Morgan fingerprint density at radius 3 is 2.55 bits per heavy atom. The number of hydrogen-bond acceptors (Lipinski definition) is 10. The standard InChI is InChI=1S/C37H46N4O8/c1-45-19-2-16-39-18-20-46-35-12-7-29(21-34(35)39)25-47-36-24-40(37(42)22-27-3-5-28(6-4-27)26-48-41(43)44)17-14-33(36)30-8-10-31(11-9-30)49-32-13-15-38-23-32/h3-12,21,32-33,36,38H,2,13-20,22-26H2,1H3. The van der Waals surface area contributed by atoms with Gasteiger partial charge in [-0.1, -0.05) is 42.5 Å². The Morgan fingerprint density at radius 2 is 1.80 bits per heavy atom. The summed E-state index contributed by atoms with van der Waals surface area (Å²) >= 11 is 0. The first-order valence-electron chi connectivity index (χ1n) is 17.2. The maximum atomic E-state index is 13.6. The number of anilines is 1. The van der Waals surface area contributed by atoms with Gasteiger partial charge in [0.15, 0.2) is 0 Å². The van der Waals surface area contributed by atoms with E-state index in [2.05, 4.69) is 39.3 Å². The fraction of sp³-hybridized carbons (Fsp3) is 0.486. The Bertz CT molecular complexity index is 1530. The van der Waals surface area contributed by atoms with Crippen molar-refractivity contribution in [1.82, 2.24) is 10.2 Å². The van der Waals surface area contributed by atoms with Crippen molar-refractivity contribution >= 4 is 11.6 Å². The number of hydrogen-bond donors (Lipinski definition) is 1. The third-order valence-electron chi connectivity index (χ3n) is 9.48. The smallest absolute Gasteiger partial charge is 0.294 e. The number of piperidine rings is 1. The van der Waals surface area contributed by atoms with Crippen LogP contribution in [0.15, 0.2) is 66.7 Å². The van der Waals surface area contributed by atoms with Crippen molar-refractivity contribution in [3.8, 4) is 11.5 Å². The number of carbonyl (C=O) groups is 1. The van der Waals surface area contributed by atoms with Crippen LogP contribution in [0.25, 0.3) is 0 Å². The number of methoxy groups -OCH3 is 1. The predicted octanol–water partition coefficient (Wildman–Crippen LogP) is 4.51. The van der Waals surface area contributed by atoms with Gasteiger partial charge in [0.05, 0.1) is 31.4 Å². The lowest BCUT2D eigenvalue weighted by Gasteiger charge is -2.39. The second kappa shape index (κ2) is 16.8. The van der Waals surface area contributed by atoms with E-state index in [4.69, 9.17) is 18.9 Å². The quantitative estimate of drug-likeness (QED) is 0.140. The Morgan fingerprint density at radius 1 is 1.00 bits per heavy atom. The van der Waals surface area contributed by atoms with Crippen LogP contribution in [0.3, 0.4) is 0 Å². The van der Waals surface area contributed by atoms with Gasteiger partial charge in [0.1, 0.15) is 30.8 Å². The number of rotatable bonds is 15. The molecule has 0 spiro atoms. The van der Waals surface area contributed by atoms with E-state index in [1.54, 1.807) is 19.2 Å². The monoisotopic (exact) mass is 674 g/mol. The number of benzene rings is 3. The minimum absolute atomic E-state index is 0.0212. The van der Waals surface area contributed by atoms with E-state index in [0.29, 0.717) is 38.5 Å². The number of nitrogens with zero attached hydrogens (tertiary/aromatic N) is 3. The molecule has 3 aromatic rings. The Balaban J connectivity index is 1.14. The summed E-state index contributed by atoms with van der Waals surface area (Å²) in [5, 5.41) is 13.1. The van der Waals surface area contributed by atoms with Gasteiger partial charge < -0.3 is 38.9 Å². The van der Waals surface area contributed by atoms with Gasteiger partial charge in [0.2, 0.25) is 5.91 Å². The summed E-state index contributed by atoms with van der Waals surface area (Å²) < 4.78 is 24.1. The molecule has 3 aliphatic heterocycles. The zero-order valence-electron chi connectivity index (χ0n) is 28.1. The van der Waals surface area contributed by atoms with E-state index in [1.165, 1.54) is 5.56 Å². The molecule has 0 saturated carbocycles. The first-order chi connectivity index (χ1) is 23.9. The van der Waals surface area contributed by atoms with Gasteiger partial charge in [-0.05, 0) is 72.3 Å². The Kier molecular flexibility index (Phi) is 11.8. The van der Waals surface area contributed by atoms with E-state index >= 15 is 0 Å². The van der Waals surface area contributed by atoms with E-state index in [1.807, 2.05) is 35.2 Å². The van der Waals surface area contributed by atoms with E-state index < -0.39 is 5.09 Å². The molecule has 12 nitrogen and oxygen atoms in total. The zero-order chi connectivity index (χ0) is 34.0. The molecule has 12 heteroatoms. The lowest BCUT2D eigenvalue weighted by molar-refractivity contribution is -0.763. The molecule has 3 unspecified atom stereocenters. The molecule has 0 radical (unpaired) electrons. The minimum atomic E-state index is -0.811. The largest absolute Gasteiger partial charge is 0.490 e. The fourth-order valence-corrected chi connectivity index (χ4v) is 6.82. The number of likely N-dealkylation sites (tertiary alicyclic amines) is 1. The summed E-state index contributed by atoms with van der Waals surface area (Å²) in [6.45, 7) is 6.31. The van der Waals surface area contributed by atoms with Gasteiger partial charge in [-0.25, -0.2) is 0 Å². The van der Waals surface area contributed by atoms with Crippen LogP contribution in [-0.2, 0) is 38.7 Å². The molecule has 6 rings (SSSR count). The molecular weight excluding hydrogens is 628 g/mol. The number of fused-ring (bicyclic) bond motifs is 1. The lowest BCUT2D eigenvalue weighted by atomic mass is 9.86. The SMILES string of the molecule is COCCCN1CCOc2ccc(COC3CN(C(=O)Cc4ccc(CO[N+](=O)[O-])cc4)CCC3c3ccc(OC4CCNC4)cc3)cc21. The van der Waals surface area contributed by atoms with E-state index in [9.17, 15) is 14.9 Å². The summed E-state index contributed by atoms with van der Waals surface area (Å²) in [6.07, 6.45) is 2.93. The number of amides is 1. The fourth-order valence-electron chi connectivity index (χ4n) is 6.82. The molecule has 0 aliphatic carbocycles. The number of ether oxygens (including phenoxy) is 4. The van der Waals surface area contributed by atoms with Crippen molar-refractivity contribution in [2.45, 2.75) is 57.0 Å². The molecule has 0 aromatic heterocycles. The molecule has 2 saturated heterocycles. The van der Waals surface area contributed by atoms with Crippen molar-refractivity contribution in [3.63, 3.8) is 0 Å². The van der Waals surface area contributed by atoms with E-state index in [-0.39, 0.29) is 37.1 Å². The normalized spacial score (nSPS) is 20.4. The Hall–Kier alpha value is -4.39. The molecule has 0 bridgehead atoms. The lowest BCUT2D eigenvalue weighted by Crippen LogP contribution is -2.47. The first kappa shape index (κ1) is 34.5. The molecule has 3 aliphatic rings. The molecule has 262 valence electrons. The van der Waals surface area contributed by atoms with Crippen molar-refractivity contribution < 1.29 is 33.7 Å². The second-order valence-electron chi connectivity index (χ2n) is 12.9. The maximum absolute atomic E-state index is 13.6. The highest BCUT2D eigenvalue weighted by molar-refractivity contribution is 5.79. The average molecular weight is 675 g/mol. The van der Waals surface area contributed by atoms with Crippen molar-refractivity contribution in [2.75, 3.05) is 64.5 Å². The van der Waals surface area contributed by atoms with Crippen LogP contribution < -0.4 is 19.7 Å². The molecule has 3 aromatic carbocycles. The van der Waals surface area contributed by atoms with Gasteiger partial charge in [-0.2, -0.15) is 0 Å². The number of carbonyl (C=O) groups excluding carboxylic acids is 1. The minimum Gasteiger partial charge on any atom is -0.490 e. The van der Waals surface area contributed by atoms with Crippen LogP contribution in [-0.4, -0.2) is 87.7 Å². The second-order valence-corrected chi connectivity index (χ2v) is 12.9. The van der Waals surface area contributed by atoms with Crippen molar-refractivity contribution in [1.29, 1.82) is 0 Å². The molecular formula is C37H46N4O8. The highest BCUT2D eigenvalue weighted by atomic mass is 16.9. The highest BCUT2D eigenvalue weighted by Gasteiger charge is 2.33. The highest BCUT2D eigenvalue weighted by Crippen LogP contribution is 2.35. The third kappa shape index (κ3) is 9.40. The van der Waals surface area contributed by atoms with Gasteiger partial charge in [0.25, 0.3) is 5.09 Å². The first-order valence-corrected chi connectivity index (χ1v) is 17.2. The molecule has 2 fully saturated rings. The van der Waals surface area contributed by atoms with Crippen LogP contribution in [0.5, 0.6) is 11.5 Å². The van der Waals surface area contributed by atoms with Crippen LogP contribution in [0, 0.1) is 10.1 Å². The van der Waals surface area contributed by atoms with Gasteiger partial charge in [-0.15, -0.1) is 10.1 Å². The zero-order valence-corrected chi connectivity index (χ0v) is 28.1. The van der Waals surface area contributed by atoms with Crippen LogP contribution in [0.4, 0.5) is 5.69 Å². The molecule has 1 amide bonds. The number of nitrogens with one attached hydrogen (secondary N) is 1. The summed E-state index contributed by atoms with van der Waals surface area (Å²) in [5.41, 5.74) is 4.81. The summed E-state index contributed by atoms with van der Waals surface area (Å²) in [4.78, 5) is 32.8. The average Bonchev–Trinajstić information content (AvgIpc) is 3.64. The molecule has 3 heterocycles. The summed E-state index contributed by atoms with van der Waals surface area (Å²) in [7, 11) is 1.73. The predicted molar refractivity (Wildman–Crippen MR) is 183 cm³/mol. The van der Waals surface area contributed by atoms with Gasteiger partial charge in [0, 0.05) is 45.8 Å². The maximum Gasteiger partial charge on any atom is 0.294 e. The molecule has 49 heavy (non-hydrogen) atoms. The summed E-state index contributed by atoms with van der Waals surface area (Å²) in [5.74, 6) is 1.88. The van der Waals surface area contributed by atoms with Crippen LogP contribution in [0.2, 0.25) is 0 Å². The van der Waals surface area contributed by atoms with E-state index in [0.717, 1.165) is 73.8 Å². The summed E-state index contributed by atoms with van der Waals surface area (Å²) in [6, 6.07) is 21.7. The topological polar surface area (TPSA) is 125 Å². The Labute approximate surface area is 287 Å². The van der Waals surface area contributed by atoms with Crippen LogP contribution in [0.1, 0.15) is 47.4 Å². The van der Waals surface area contributed by atoms with Crippen molar-refractivity contribution in [2.24, 2.45) is 0 Å². The molecule has 3 atom stereocenters. The van der Waals surface area contributed by atoms with Crippen LogP contribution >= 0.6 is 0 Å². The third-order valence-corrected chi connectivity index (χ3v) is 9.48. The van der Waals surface area contributed by atoms with Gasteiger partial charge >= 0.3 is 0 Å². The molecule has 1 N–H and O–H groups in total.